The van der Waals surface area contributed by atoms with Gasteiger partial charge in [0.05, 0.1) is 0 Å². The number of rotatable bonds is 5. The van der Waals surface area contributed by atoms with Crippen molar-refractivity contribution in [3.05, 3.63) is 47.0 Å². The molecule has 1 atom stereocenters. The van der Waals surface area contributed by atoms with E-state index >= 15 is 0 Å². The second-order valence-electron chi connectivity index (χ2n) is 3.74. The van der Waals surface area contributed by atoms with Crippen molar-refractivity contribution in [1.82, 2.24) is 0 Å². The minimum atomic E-state index is 0.557. The number of allylic oxidation sites excluding steroid dienone is 2. The highest BCUT2D eigenvalue weighted by molar-refractivity contribution is 6.31. The van der Waals surface area contributed by atoms with E-state index < -0.39 is 0 Å². The molecule has 15 heavy (non-hydrogen) atoms. The highest BCUT2D eigenvalue weighted by Crippen LogP contribution is 2.29. The van der Waals surface area contributed by atoms with Crippen LogP contribution in [0.15, 0.2) is 36.4 Å². The number of hydrogen-bond donors (Lipinski definition) is 0. The maximum Gasteiger partial charge on any atom is 0.0440 e. The molecule has 0 amide bonds. The lowest BCUT2D eigenvalue weighted by Gasteiger charge is -2.14. The molecule has 0 fully saturated rings. The molecule has 0 bridgehead atoms. The molecule has 0 radical (unpaired) electrons. The highest BCUT2D eigenvalue weighted by Gasteiger charge is 2.10. The van der Waals surface area contributed by atoms with Gasteiger partial charge < -0.3 is 0 Å². The van der Waals surface area contributed by atoms with Crippen LogP contribution in [0.3, 0.4) is 0 Å². The van der Waals surface area contributed by atoms with Crippen LogP contribution in [-0.2, 0) is 0 Å². The zero-order chi connectivity index (χ0) is 11.1. The van der Waals surface area contributed by atoms with Crippen LogP contribution in [0.4, 0.5) is 0 Å². The Balaban J connectivity index is 2.74. The molecule has 1 aromatic carbocycles. The third-order valence-corrected chi connectivity index (χ3v) is 3.01. The Morgan fingerprint density at radius 3 is 2.53 bits per heavy atom. The van der Waals surface area contributed by atoms with Gasteiger partial charge in [-0.3, -0.25) is 0 Å². The van der Waals surface area contributed by atoms with Gasteiger partial charge in [0.2, 0.25) is 0 Å². The van der Waals surface area contributed by atoms with Crippen molar-refractivity contribution in [3.8, 4) is 0 Å². The zero-order valence-corrected chi connectivity index (χ0v) is 10.3. The summed E-state index contributed by atoms with van der Waals surface area (Å²) in [6.45, 7) is 4.38. The van der Waals surface area contributed by atoms with Gasteiger partial charge in [0.15, 0.2) is 0 Å². The summed E-state index contributed by atoms with van der Waals surface area (Å²) in [5.74, 6) is 0.557. The average Bonchev–Trinajstić information content (AvgIpc) is 2.26. The van der Waals surface area contributed by atoms with E-state index in [0.29, 0.717) is 5.92 Å². The van der Waals surface area contributed by atoms with Gasteiger partial charge in [-0.2, -0.15) is 0 Å². The average molecular weight is 223 g/mol. The number of hydrogen-bond acceptors (Lipinski definition) is 0. The zero-order valence-electron chi connectivity index (χ0n) is 9.54. The highest BCUT2D eigenvalue weighted by atomic mass is 35.5. The Bertz CT molecular complexity index is 315. The van der Waals surface area contributed by atoms with E-state index in [2.05, 4.69) is 38.1 Å². The fourth-order valence-electron chi connectivity index (χ4n) is 1.75. The van der Waals surface area contributed by atoms with Crippen molar-refractivity contribution in [2.24, 2.45) is 0 Å². The van der Waals surface area contributed by atoms with E-state index in [0.717, 1.165) is 24.3 Å². The fourth-order valence-corrected chi connectivity index (χ4v) is 2.04. The summed E-state index contributed by atoms with van der Waals surface area (Å²) in [6.07, 6.45) is 7.82. The first-order valence-corrected chi connectivity index (χ1v) is 6.06. The van der Waals surface area contributed by atoms with Crippen LogP contribution in [-0.4, -0.2) is 0 Å². The summed E-state index contributed by atoms with van der Waals surface area (Å²) in [5, 5.41) is 0.897. The van der Waals surface area contributed by atoms with Crippen molar-refractivity contribution < 1.29 is 0 Å². The van der Waals surface area contributed by atoms with E-state index in [1.165, 1.54) is 5.56 Å². The number of halogens is 1. The van der Waals surface area contributed by atoms with Gasteiger partial charge in [-0.05, 0) is 36.8 Å². The van der Waals surface area contributed by atoms with Gasteiger partial charge in [0, 0.05) is 5.02 Å². The van der Waals surface area contributed by atoms with Crippen LogP contribution < -0.4 is 0 Å². The van der Waals surface area contributed by atoms with E-state index in [9.17, 15) is 0 Å². The molecule has 1 heteroatoms. The second-order valence-corrected chi connectivity index (χ2v) is 4.15. The van der Waals surface area contributed by atoms with Crippen LogP contribution in [0, 0.1) is 0 Å². The molecular formula is C14H19Cl. The minimum absolute atomic E-state index is 0.557. The van der Waals surface area contributed by atoms with E-state index in [1.54, 1.807) is 0 Å². The molecule has 82 valence electrons. The third-order valence-electron chi connectivity index (χ3n) is 2.66. The summed E-state index contributed by atoms with van der Waals surface area (Å²) >= 11 is 6.19. The van der Waals surface area contributed by atoms with Crippen molar-refractivity contribution in [2.75, 3.05) is 0 Å². The predicted octanol–water partition coefficient (Wildman–Crippen LogP) is 5.19. The van der Waals surface area contributed by atoms with Gasteiger partial charge in [-0.1, -0.05) is 55.8 Å². The SMILES string of the molecule is CC/C=C\CC(CC)c1ccccc1Cl. The van der Waals surface area contributed by atoms with Gasteiger partial charge >= 0.3 is 0 Å². The van der Waals surface area contributed by atoms with Crippen LogP contribution in [0.5, 0.6) is 0 Å². The maximum atomic E-state index is 6.19. The van der Waals surface area contributed by atoms with E-state index in [1.807, 2.05) is 12.1 Å². The van der Waals surface area contributed by atoms with Crippen molar-refractivity contribution >= 4 is 11.6 Å². The molecule has 1 aromatic rings. The van der Waals surface area contributed by atoms with Gasteiger partial charge in [0.1, 0.15) is 0 Å². The molecule has 0 saturated carbocycles. The first-order chi connectivity index (χ1) is 7.29. The maximum absolute atomic E-state index is 6.19. The summed E-state index contributed by atoms with van der Waals surface area (Å²) in [4.78, 5) is 0. The van der Waals surface area contributed by atoms with Crippen molar-refractivity contribution in [3.63, 3.8) is 0 Å². The predicted molar refractivity (Wildman–Crippen MR) is 68.5 cm³/mol. The monoisotopic (exact) mass is 222 g/mol. The molecule has 0 spiro atoms. The number of benzene rings is 1. The first kappa shape index (κ1) is 12.3. The van der Waals surface area contributed by atoms with Crippen LogP contribution in [0.25, 0.3) is 0 Å². The molecule has 0 aliphatic rings. The molecular weight excluding hydrogens is 204 g/mol. The molecule has 0 aliphatic heterocycles. The lowest BCUT2D eigenvalue weighted by molar-refractivity contribution is 0.673. The van der Waals surface area contributed by atoms with Crippen molar-refractivity contribution in [2.45, 2.75) is 39.0 Å². The van der Waals surface area contributed by atoms with E-state index in [4.69, 9.17) is 11.6 Å². The minimum Gasteiger partial charge on any atom is -0.0888 e. The lowest BCUT2D eigenvalue weighted by Crippen LogP contribution is -1.96. The van der Waals surface area contributed by atoms with Crippen LogP contribution in [0.2, 0.25) is 5.02 Å². The van der Waals surface area contributed by atoms with Crippen LogP contribution >= 0.6 is 11.6 Å². The molecule has 0 aromatic heterocycles. The molecule has 0 aliphatic carbocycles. The second kappa shape index (κ2) is 6.68. The molecule has 1 rings (SSSR count). The van der Waals surface area contributed by atoms with Gasteiger partial charge in [-0.15, -0.1) is 0 Å². The lowest BCUT2D eigenvalue weighted by atomic mass is 9.93. The standard InChI is InChI=1S/C14H19Cl/c1-3-5-6-9-12(4-2)13-10-7-8-11-14(13)15/h5-8,10-12H,3-4,9H2,1-2H3/b6-5-. The smallest absolute Gasteiger partial charge is 0.0440 e. The van der Waals surface area contributed by atoms with Crippen molar-refractivity contribution in [1.29, 1.82) is 0 Å². The van der Waals surface area contributed by atoms with Crippen LogP contribution in [0.1, 0.15) is 44.6 Å². The topological polar surface area (TPSA) is 0 Å². The summed E-state index contributed by atoms with van der Waals surface area (Å²) in [7, 11) is 0. The van der Waals surface area contributed by atoms with Gasteiger partial charge in [-0.25, -0.2) is 0 Å². The molecule has 0 heterocycles. The quantitative estimate of drug-likeness (QED) is 0.602. The fraction of sp³-hybridized carbons (Fsp3) is 0.429. The van der Waals surface area contributed by atoms with Gasteiger partial charge in [0.25, 0.3) is 0 Å². The first-order valence-electron chi connectivity index (χ1n) is 5.69. The molecule has 0 nitrogen and oxygen atoms in total. The Kier molecular flexibility index (Phi) is 5.49. The normalized spacial score (nSPS) is 13.3. The Morgan fingerprint density at radius 1 is 1.20 bits per heavy atom. The van der Waals surface area contributed by atoms with E-state index in [-0.39, 0.29) is 0 Å². The Hall–Kier alpha value is -0.750. The Morgan fingerprint density at radius 2 is 1.93 bits per heavy atom. The summed E-state index contributed by atoms with van der Waals surface area (Å²) in [5.41, 5.74) is 1.28. The summed E-state index contributed by atoms with van der Waals surface area (Å²) in [6, 6.07) is 8.16. The Labute approximate surface area is 98.0 Å². The summed E-state index contributed by atoms with van der Waals surface area (Å²) < 4.78 is 0. The largest absolute Gasteiger partial charge is 0.0888 e. The molecule has 1 unspecified atom stereocenters. The molecule has 0 saturated heterocycles. The third kappa shape index (κ3) is 3.71. The molecule has 0 N–H and O–H groups in total.